The Labute approximate surface area is 188 Å². The Kier molecular flexibility index (Phi) is 5.39. The van der Waals surface area contributed by atoms with Gasteiger partial charge in [-0.05, 0) is 43.5 Å². The molecular formula is C25H28N6O. The molecule has 2 aromatic heterocycles. The Balaban J connectivity index is 1.42. The van der Waals surface area contributed by atoms with E-state index in [2.05, 4.69) is 40.2 Å². The molecule has 1 atom stereocenters. The normalized spacial score (nSPS) is 16.3. The Morgan fingerprint density at radius 3 is 2.69 bits per heavy atom. The first kappa shape index (κ1) is 20.3. The quantitative estimate of drug-likeness (QED) is 0.472. The summed E-state index contributed by atoms with van der Waals surface area (Å²) in [6.07, 6.45) is 6.13. The highest BCUT2D eigenvalue weighted by Gasteiger charge is 2.25. The molecule has 1 aliphatic rings. The summed E-state index contributed by atoms with van der Waals surface area (Å²) in [7, 11) is 3.65. The van der Waals surface area contributed by atoms with Gasteiger partial charge >= 0.3 is 0 Å². The third kappa shape index (κ3) is 3.86. The molecular weight excluding hydrogens is 400 g/mol. The lowest BCUT2D eigenvalue weighted by Crippen LogP contribution is -2.36. The number of aryl methyl sites for hydroxylation is 2. The summed E-state index contributed by atoms with van der Waals surface area (Å²) in [6.45, 7) is 3.93. The zero-order chi connectivity index (χ0) is 22.1. The van der Waals surface area contributed by atoms with E-state index < -0.39 is 0 Å². The van der Waals surface area contributed by atoms with Crippen molar-refractivity contribution < 1.29 is 4.74 Å². The minimum Gasteiger partial charge on any atom is -0.495 e. The lowest BCUT2D eigenvalue weighted by molar-refractivity contribution is 0.413. The van der Waals surface area contributed by atoms with Gasteiger partial charge in [0.05, 0.1) is 24.8 Å². The van der Waals surface area contributed by atoms with Crippen molar-refractivity contribution in [2.75, 3.05) is 25.1 Å². The molecule has 0 aliphatic carbocycles. The van der Waals surface area contributed by atoms with Gasteiger partial charge in [0.25, 0.3) is 0 Å². The zero-order valence-electron chi connectivity index (χ0n) is 18.8. The molecule has 1 aliphatic heterocycles. The summed E-state index contributed by atoms with van der Waals surface area (Å²) in [6, 6.07) is 16.8. The molecule has 2 aromatic carbocycles. The molecule has 0 radical (unpaired) electrons. The number of aromatic nitrogens is 5. The molecule has 0 bridgehead atoms. The monoisotopic (exact) mass is 428 g/mol. The van der Waals surface area contributed by atoms with Crippen LogP contribution in [0.2, 0.25) is 0 Å². The fourth-order valence-electron chi connectivity index (χ4n) is 4.51. The largest absolute Gasteiger partial charge is 0.495 e. The molecule has 164 valence electrons. The Morgan fingerprint density at radius 2 is 1.94 bits per heavy atom. The highest BCUT2D eigenvalue weighted by Crippen LogP contribution is 2.32. The maximum atomic E-state index is 5.67. The average Bonchev–Trinajstić information content (AvgIpc) is 3.45. The molecule has 32 heavy (non-hydrogen) atoms. The maximum Gasteiger partial charge on any atom is 0.224 e. The molecule has 0 N–H and O–H groups in total. The van der Waals surface area contributed by atoms with Crippen LogP contribution in [0.1, 0.15) is 30.0 Å². The summed E-state index contributed by atoms with van der Waals surface area (Å²) in [4.78, 5) is 11.6. The predicted octanol–water partition coefficient (Wildman–Crippen LogP) is 4.37. The molecule has 0 saturated carbocycles. The molecule has 1 unspecified atom stereocenters. The van der Waals surface area contributed by atoms with Gasteiger partial charge in [0.15, 0.2) is 5.82 Å². The number of anilines is 1. The molecule has 7 nitrogen and oxygen atoms in total. The topological polar surface area (TPSA) is 61.0 Å². The van der Waals surface area contributed by atoms with Crippen LogP contribution in [0, 0.1) is 6.92 Å². The van der Waals surface area contributed by atoms with Gasteiger partial charge < -0.3 is 14.2 Å². The van der Waals surface area contributed by atoms with Crippen molar-refractivity contribution in [1.29, 1.82) is 0 Å². The van der Waals surface area contributed by atoms with Crippen LogP contribution in [0.3, 0.4) is 0 Å². The lowest BCUT2D eigenvalue weighted by atomic mass is 9.91. The van der Waals surface area contributed by atoms with E-state index in [1.165, 1.54) is 12.0 Å². The van der Waals surface area contributed by atoms with E-state index in [1.807, 2.05) is 47.6 Å². The number of hydrogen-bond acceptors (Lipinski definition) is 5. The highest BCUT2D eigenvalue weighted by molar-refractivity contribution is 5.64. The summed E-state index contributed by atoms with van der Waals surface area (Å²) < 4.78 is 9.52. The Hall–Kier alpha value is -3.61. The van der Waals surface area contributed by atoms with Gasteiger partial charge in [0, 0.05) is 37.8 Å². The standard InChI is InChI=1S/C25H28N6O/c1-18-15-31(17-26-18)22-12-11-20(14-23(22)32-3)24-27-25(29(2)28-24)30-13-7-10-21(16-30)19-8-5-4-6-9-19/h4-6,8-9,11-12,14-15,17,21H,7,10,13,16H2,1-3H3. The van der Waals surface area contributed by atoms with Crippen molar-refractivity contribution in [1.82, 2.24) is 24.3 Å². The van der Waals surface area contributed by atoms with Gasteiger partial charge in [0.1, 0.15) is 5.75 Å². The van der Waals surface area contributed by atoms with Crippen molar-refractivity contribution >= 4 is 5.95 Å². The Morgan fingerprint density at radius 1 is 1.09 bits per heavy atom. The zero-order valence-corrected chi connectivity index (χ0v) is 18.8. The van der Waals surface area contributed by atoms with Crippen LogP contribution in [-0.2, 0) is 7.05 Å². The van der Waals surface area contributed by atoms with Crippen LogP contribution in [0.4, 0.5) is 5.95 Å². The maximum absolute atomic E-state index is 5.67. The molecule has 5 rings (SSSR count). The number of ether oxygens (including phenoxy) is 1. The third-order valence-electron chi connectivity index (χ3n) is 6.14. The molecule has 3 heterocycles. The Bertz CT molecular complexity index is 1210. The van der Waals surface area contributed by atoms with E-state index in [-0.39, 0.29) is 0 Å². The van der Waals surface area contributed by atoms with Crippen molar-refractivity contribution in [2.45, 2.75) is 25.7 Å². The van der Waals surface area contributed by atoms with Crippen LogP contribution in [-0.4, -0.2) is 44.5 Å². The summed E-state index contributed by atoms with van der Waals surface area (Å²) in [5, 5.41) is 4.72. The number of piperidine rings is 1. The predicted molar refractivity (Wildman–Crippen MR) is 125 cm³/mol. The van der Waals surface area contributed by atoms with Crippen molar-refractivity contribution in [3.63, 3.8) is 0 Å². The number of benzene rings is 2. The van der Waals surface area contributed by atoms with Crippen molar-refractivity contribution in [3.05, 3.63) is 72.3 Å². The molecule has 1 fully saturated rings. The van der Waals surface area contributed by atoms with Gasteiger partial charge in [-0.3, -0.25) is 0 Å². The number of imidazole rings is 1. The SMILES string of the molecule is COc1cc(-c2nc(N3CCCC(c4ccccc4)C3)n(C)n2)ccc1-n1cnc(C)c1. The summed E-state index contributed by atoms with van der Waals surface area (Å²) >= 11 is 0. The highest BCUT2D eigenvalue weighted by atomic mass is 16.5. The van der Waals surface area contributed by atoms with E-state index in [4.69, 9.17) is 14.8 Å². The summed E-state index contributed by atoms with van der Waals surface area (Å²) in [5.74, 6) is 2.89. The van der Waals surface area contributed by atoms with Crippen LogP contribution in [0.25, 0.3) is 17.1 Å². The second-order valence-electron chi connectivity index (χ2n) is 8.36. The fourth-order valence-corrected chi connectivity index (χ4v) is 4.51. The molecule has 0 spiro atoms. The first-order valence-electron chi connectivity index (χ1n) is 11.0. The lowest BCUT2D eigenvalue weighted by Gasteiger charge is -2.33. The van der Waals surface area contributed by atoms with Gasteiger partial charge in [0.2, 0.25) is 5.95 Å². The number of rotatable bonds is 5. The molecule has 7 heteroatoms. The average molecular weight is 429 g/mol. The van der Waals surface area contributed by atoms with E-state index >= 15 is 0 Å². The van der Waals surface area contributed by atoms with Gasteiger partial charge in [-0.25, -0.2) is 9.67 Å². The fraction of sp³-hybridized carbons (Fsp3) is 0.320. The minimum atomic E-state index is 0.517. The van der Waals surface area contributed by atoms with Crippen molar-refractivity contribution in [3.8, 4) is 22.8 Å². The molecule has 0 amide bonds. The second kappa shape index (κ2) is 8.49. The first-order valence-corrected chi connectivity index (χ1v) is 11.0. The minimum absolute atomic E-state index is 0.517. The van der Waals surface area contributed by atoms with E-state index in [0.717, 1.165) is 48.2 Å². The van der Waals surface area contributed by atoms with Crippen LogP contribution in [0.15, 0.2) is 61.1 Å². The van der Waals surface area contributed by atoms with E-state index in [0.29, 0.717) is 11.7 Å². The number of hydrogen-bond donors (Lipinski definition) is 0. The van der Waals surface area contributed by atoms with Gasteiger partial charge in [-0.15, -0.1) is 5.10 Å². The second-order valence-corrected chi connectivity index (χ2v) is 8.36. The van der Waals surface area contributed by atoms with Gasteiger partial charge in [-0.1, -0.05) is 30.3 Å². The third-order valence-corrected chi connectivity index (χ3v) is 6.14. The van der Waals surface area contributed by atoms with E-state index in [1.54, 1.807) is 13.4 Å². The smallest absolute Gasteiger partial charge is 0.224 e. The number of nitrogens with zero attached hydrogens (tertiary/aromatic N) is 6. The molecule has 1 saturated heterocycles. The van der Waals surface area contributed by atoms with Gasteiger partial charge in [-0.2, -0.15) is 4.98 Å². The number of methoxy groups -OCH3 is 1. The first-order chi connectivity index (χ1) is 15.6. The van der Waals surface area contributed by atoms with Crippen LogP contribution >= 0.6 is 0 Å². The van der Waals surface area contributed by atoms with Crippen LogP contribution < -0.4 is 9.64 Å². The van der Waals surface area contributed by atoms with Crippen LogP contribution in [0.5, 0.6) is 5.75 Å². The van der Waals surface area contributed by atoms with E-state index in [9.17, 15) is 0 Å². The van der Waals surface area contributed by atoms with Crippen molar-refractivity contribution in [2.24, 2.45) is 7.05 Å². The summed E-state index contributed by atoms with van der Waals surface area (Å²) in [5.41, 5.74) is 4.23. The molecule has 4 aromatic rings.